The summed E-state index contributed by atoms with van der Waals surface area (Å²) in [5.41, 5.74) is 1.32. The minimum Gasteiger partial charge on any atom is -0.464 e. The van der Waals surface area contributed by atoms with Crippen molar-refractivity contribution >= 4 is 11.6 Å². The van der Waals surface area contributed by atoms with E-state index in [-0.39, 0.29) is 0 Å². The van der Waals surface area contributed by atoms with Gasteiger partial charge in [-0.2, -0.15) is 5.26 Å². The van der Waals surface area contributed by atoms with Crippen LogP contribution in [0.5, 0.6) is 0 Å². The van der Waals surface area contributed by atoms with E-state index >= 15 is 0 Å². The monoisotopic (exact) mass is 203 g/mol. The van der Waals surface area contributed by atoms with Crippen molar-refractivity contribution in [1.29, 1.82) is 5.26 Å². The number of nitriles is 1. The molecule has 2 nitrogen and oxygen atoms in total. The summed E-state index contributed by atoms with van der Waals surface area (Å²) < 4.78 is 5.21. The largest absolute Gasteiger partial charge is 0.464 e. The zero-order chi connectivity index (χ0) is 9.97. The van der Waals surface area contributed by atoms with Gasteiger partial charge in [0.15, 0.2) is 0 Å². The highest BCUT2D eigenvalue weighted by Gasteiger charge is 2.06. The Hall–Kier alpha value is -1.72. The first-order valence-corrected chi connectivity index (χ1v) is 4.42. The van der Waals surface area contributed by atoms with Crippen molar-refractivity contribution in [2.75, 3.05) is 0 Å². The molecule has 3 heteroatoms. The maximum Gasteiger partial charge on any atom is 0.135 e. The molecule has 2 rings (SSSR count). The van der Waals surface area contributed by atoms with E-state index in [2.05, 4.69) is 6.07 Å². The van der Waals surface area contributed by atoms with Crippen LogP contribution >= 0.6 is 11.6 Å². The lowest BCUT2D eigenvalue weighted by molar-refractivity contribution is 0.582. The molecule has 0 bridgehead atoms. The lowest BCUT2D eigenvalue weighted by Gasteiger charge is -2.00. The van der Waals surface area contributed by atoms with Gasteiger partial charge in [0.1, 0.15) is 5.76 Å². The molecule has 0 fully saturated rings. The molecule has 1 heterocycles. The molecule has 1 aromatic heterocycles. The quantitative estimate of drug-likeness (QED) is 0.712. The summed E-state index contributed by atoms with van der Waals surface area (Å²) in [6.07, 6.45) is 1.57. The molecule has 0 aliphatic carbocycles. The summed E-state index contributed by atoms with van der Waals surface area (Å²) in [4.78, 5) is 0. The topological polar surface area (TPSA) is 36.9 Å². The zero-order valence-electron chi connectivity index (χ0n) is 7.20. The van der Waals surface area contributed by atoms with Gasteiger partial charge < -0.3 is 4.42 Å². The summed E-state index contributed by atoms with van der Waals surface area (Å²) in [5, 5.41) is 9.31. The number of hydrogen-bond acceptors (Lipinski definition) is 2. The molecule has 0 atom stereocenters. The first kappa shape index (κ1) is 8.86. The second-order valence-corrected chi connectivity index (χ2v) is 3.19. The van der Waals surface area contributed by atoms with Crippen LogP contribution in [0.3, 0.4) is 0 Å². The molecule has 1 aromatic carbocycles. The molecule has 0 spiro atoms. The van der Waals surface area contributed by atoms with Crippen molar-refractivity contribution in [1.82, 2.24) is 0 Å². The second kappa shape index (κ2) is 3.57. The van der Waals surface area contributed by atoms with E-state index in [1.54, 1.807) is 30.5 Å². The van der Waals surface area contributed by atoms with E-state index in [9.17, 15) is 0 Å². The van der Waals surface area contributed by atoms with Gasteiger partial charge in [0.05, 0.1) is 22.9 Å². The Balaban J connectivity index is 2.58. The van der Waals surface area contributed by atoms with Crippen LogP contribution in [0.1, 0.15) is 5.56 Å². The third-order valence-electron chi connectivity index (χ3n) is 1.88. The molecule has 0 aliphatic heterocycles. The first-order valence-electron chi connectivity index (χ1n) is 4.05. The maximum atomic E-state index is 8.73. The fourth-order valence-corrected chi connectivity index (χ4v) is 1.43. The second-order valence-electron chi connectivity index (χ2n) is 2.78. The molecule has 0 aliphatic rings. The van der Waals surface area contributed by atoms with Crippen LogP contribution in [0.2, 0.25) is 5.02 Å². The molecule has 68 valence electrons. The van der Waals surface area contributed by atoms with Crippen molar-refractivity contribution in [2.45, 2.75) is 0 Å². The van der Waals surface area contributed by atoms with Gasteiger partial charge in [-0.15, -0.1) is 0 Å². The molecule has 0 radical (unpaired) electrons. The van der Waals surface area contributed by atoms with Crippen molar-refractivity contribution in [3.05, 3.63) is 47.2 Å². The van der Waals surface area contributed by atoms with Crippen LogP contribution in [0, 0.1) is 11.3 Å². The summed E-state index contributed by atoms with van der Waals surface area (Å²) >= 11 is 5.98. The number of benzene rings is 1. The van der Waals surface area contributed by atoms with E-state index < -0.39 is 0 Å². The Bertz CT molecular complexity index is 482. The van der Waals surface area contributed by atoms with Crippen LogP contribution in [-0.4, -0.2) is 0 Å². The van der Waals surface area contributed by atoms with E-state index in [1.807, 2.05) is 6.07 Å². The normalized spacial score (nSPS) is 9.71. The highest BCUT2D eigenvalue weighted by atomic mass is 35.5. The molecule has 0 unspecified atom stereocenters. The van der Waals surface area contributed by atoms with Crippen molar-refractivity contribution < 1.29 is 4.42 Å². The average molecular weight is 204 g/mol. The highest BCUT2D eigenvalue weighted by molar-refractivity contribution is 6.33. The zero-order valence-corrected chi connectivity index (χ0v) is 7.95. The van der Waals surface area contributed by atoms with Gasteiger partial charge in [-0.25, -0.2) is 0 Å². The first-order chi connectivity index (χ1) is 6.81. The fourth-order valence-electron chi connectivity index (χ4n) is 1.22. The van der Waals surface area contributed by atoms with Gasteiger partial charge in [-0.3, -0.25) is 0 Å². The lowest BCUT2D eigenvalue weighted by atomic mass is 10.1. The minimum atomic E-state index is 0.570. The van der Waals surface area contributed by atoms with Crippen molar-refractivity contribution in [3.8, 4) is 17.4 Å². The number of halogens is 1. The van der Waals surface area contributed by atoms with E-state index in [0.717, 1.165) is 5.56 Å². The van der Waals surface area contributed by atoms with E-state index in [0.29, 0.717) is 16.3 Å². The molecule has 0 saturated heterocycles. The van der Waals surface area contributed by atoms with Crippen LogP contribution in [0.4, 0.5) is 0 Å². The Kier molecular flexibility index (Phi) is 2.26. The number of hydrogen-bond donors (Lipinski definition) is 0. The molecule has 0 saturated carbocycles. The Morgan fingerprint density at radius 2 is 2.14 bits per heavy atom. The molecule has 2 aromatic rings. The van der Waals surface area contributed by atoms with Gasteiger partial charge in [-0.05, 0) is 30.3 Å². The minimum absolute atomic E-state index is 0.570. The fraction of sp³-hybridized carbons (Fsp3) is 0. The summed E-state index contributed by atoms with van der Waals surface area (Å²) in [6.45, 7) is 0. The van der Waals surface area contributed by atoms with E-state index in [4.69, 9.17) is 21.3 Å². The highest BCUT2D eigenvalue weighted by Crippen LogP contribution is 2.28. The van der Waals surface area contributed by atoms with Crippen molar-refractivity contribution in [2.24, 2.45) is 0 Å². The summed E-state index contributed by atoms with van der Waals surface area (Å²) in [6, 6.07) is 10.7. The van der Waals surface area contributed by atoms with Gasteiger partial charge >= 0.3 is 0 Å². The van der Waals surface area contributed by atoms with Crippen LogP contribution < -0.4 is 0 Å². The lowest BCUT2D eigenvalue weighted by Crippen LogP contribution is -1.79. The Morgan fingerprint density at radius 3 is 2.79 bits per heavy atom. The predicted molar refractivity (Wildman–Crippen MR) is 53.9 cm³/mol. The van der Waals surface area contributed by atoms with Crippen molar-refractivity contribution in [3.63, 3.8) is 0 Å². The van der Waals surface area contributed by atoms with Crippen LogP contribution in [-0.2, 0) is 0 Å². The summed E-state index contributed by atoms with van der Waals surface area (Å²) in [7, 11) is 0. The molecular formula is C11H6ClNO. The van der Waals surface area contributed by atoms with Gasteiger partial charge in [0.25, 0.3) is 0 Å². The summed E-state index contributed by atoms with van der Waals surface area (Å²) in [5.74, 6) is 0.673. The molecular weight excluding hydrogens is 198 g/mol. The molecule has 0 N–H and O–H groups in total. The standard InChI is InChI=1S/C11H6ClNO/c12-10-4-3-8(7-13)6-9(10)11-2-1-5-14-11/h1-6H. The Labute approximate surface area is 86.3 Å². The Morgan fingerprint density at radius 1 is 1.29 bits per heavy atom. The average Bonchev–Trinajstić information content (AvgIpc) is 2.71. The number of nitrogens with zero attached hydrogens (tertiary/aromatic N) is 1. The smallest absolute Gasteiger partial charge is 0.135 e. The van der Waals surface area contributed by atoms with Gasteiger partial charge in [0.2, 0.25) is 0 Å². The maximum absolute atomic E-state index is 8.73. The van der Waals surface area contributed by atoms with Gasteiger partial charge in [-0.1, -0.05) is 11.6 Å². The third kappa shape index (κ3) is 1.50. The SMILES string of the molecule is N#Cc1ccc(Cl)c(-c2ccco2)c1. The third-order valence-corrected chi connectivity index (χ3v) is 2.21. The molecule has 0 amide bonds. The van der Waals surface area contributed by atoms with Gasteiger partial charge in [0, 0.05) is 5.56 Å². The van der Waals surface area contributed by atoms with Crippen LogP contribution in [0.25, 0.3) is 11.3 Å². The molecule has 14 heavy (non-hydrogen) atoms. The van der Waals surface area contributed by atoms with Crippen LogP contribution in [0.15, 0.2) is 41.0 Å². The predicted octanol–water partition coefficient (Wildman–Crippen LogP) is 3.47. The number of rotatable bonds is 1. The number of furan rings is 1. The van der Waals surface area contributed by atoms with E-state index in [1.165, 1.54) is 0 Å².